The summed E-state index contributed by atoms with van der Waals surface area (Å²) >= 11 is 0. The van der Waals surface area contributed by atoms with Gasteiger partial charge in [0.05, 0.1) is 17.8 Å². The molecule has 2 fully saturated rings. The van der Waals surface area contributed by atoms with Gasteiger partial charge < -0.3 is 25.1 Å². The maximum absolute atomic E-state index is 14.5. The molecule has 0 aliphatic carbocycles. The van der Waals surface area contributed by atoms with E-state index in [9.17, 15) is 23.9 Å². The topological polar surface area (TPSA) is 93.2 Å². The number of aromatic carboxylic acids is 1. The van der Waals surface area contributed by atoms with E-state index in [2.05, 4.69) is 15.1 Å². The summed E-state index contributed by atoms with van der Waals surface area (Å²) < 4.78 is 14.5. The van der Waals surface area contributed by atoms with Crippen LogP contribution in [0.25, 0.3) is 0 Å². The molecule has 37 heavy (non-hydrogen) atoms. The Morgan fingerprint density at radius 3 is 2.35 bits per heavy atom. The van der Waals surface area contributed by atoms with E-state index in [1.807, 2.05) is 13.8 Å². The van der Waals surface area contributed by atoms with Gasteiger partial charge in [-0.3, -0.25) is 9.59 Å². The van der Waals surface area contributed by atoms with Crippen molar-refractivity contribution in [3.63, 3.8) is 0 Å². The fraction of sp³-hybridized carbons (Fsp3) is 0.464. The summed E-state index contributed by atoms with van der Waals surface area (Å²) in [6.07, 6.45) is 1.23. The number of benzene rings is 2. The van der Waals surface area contributed by atoms with Gasteiger partial charge >= 0.3 is 5.97 Å². The van der Waals surface area contributed by atoms with Crippen LogP contribution in [-0.2, 0) is 4.79 Å². The highest BCUT2D eigenvalue weighted by Gasteiger charge is 2.52. The number of hydrogen-bond donors (Lipinski definition) is 2. The molecule has 198 valence electrons. The molecule has 2 aliphatic heterocycles. The number of piperidine rings is 1. The molecule has 2 aromatic rings. The molecule has 4 rings (SSSR count). The van der Waals surface area contributed by atoms with Gasteiger partial charge in [-0.25, -0.2) is 9.18 Å². The number of rotatable bonds is 7. The largest absolute Gasteiger partial charge is 0.478 e. The monoisotopic (exact) mass is 510 g/mol. The molecule has 2 heterocycles. The number of nitrogens with one attached hydrogen (secondary N) is 1. The Morgan fingerprint density at radius 1 is 1.11 bits per heavy atom. The number of carboxylic acid groups (broad SMARTS) is 1. The number of amides is 2. The highest BCUT2D eigenvalue weighted by Crippen LogP contribution is 2.39. The van der Waals surface area contributed by atoms with Crippen molar-refractivity contribution in [1.29, 1.82) is 0 Å². The smallest absolute Gasteiger partial charge is 0.335 e. The standard InChI is InChI=1S/C28H35FN4O4/c1-18(2)23(30-25(34)22-7-5-6-19(3)24(22)29)16-32-14-12-28(13-15-32)27(37)31(4)17-33(28)21-10-8-20(9-11-21)26(35)36/h5-11,18,23H,12-17H2,1-4H3,(H,30,34)(H,35,36). The molecule has 0 saturated carbocycles. The summed E-state index contributed by atoms with van der Waals surface area (Å²) in [6, 6.07) is 11.3. The first-order valence-corrected chi connectivity index (χ1v) is 12.7. The number of likely N-dealkylation sites (N-methyl/N-ethyl adjacent to an activating group) is 1. The van der Waals surface area contributed by atoms with Crippen molar-refractivity contribution in [3.05, 3.63) is 65.0 Å². The Bertz CT molecular complexity index is 1180. The second-order valence-corrected chi connectivity index (χ2v) is 10.5. The van der Waals surface area contributed by atoms with Gasteiger partial charge in [0.15, 0.2) is 0 Å². The first kappa shape index (κ1) is 26.6. The number of hydrogen-bond acceptors (Lipinski definition) is 5. The van der Waals surface area contributed by atoms with Crippen LogP contribution in [-0.4, -0.2) is 77.6 Å². The molecule has 0 radical (unpaired) electrons. The average Bonchev–Trinajstić information content (AvgIpc) is 3.11. The zero-order valence-electron chi connectivity index (χ0n) is 21.8. The van der Waals surface area contributed by atoms with Crippen molar-refractivity contribution in [2.45, 2.75) is 45.2 Å². The Labute approximate surface area is 217 Å². The normalized spacial score (nSPS) is 18.5. The summed E-state index contributed by atoms with van der Waals surface area (Å²) in [5.41, 5.74) is 0.829. The van der Waals surface area contributed by atoms with Gasteiger partial charge in [0.1, 0.15) is 11.4 Å². The molecule has 9 heteroatoms. The molecule has 8 nitrogen and oxygen atoms in total. The number of carboxylic acids is 1. The van der Waals surface area contributed by atoms with Gasteiger partial charge in [-0.1, -0.05) is 26.0 Å². The van der Waals surface area contributed by atoms with E-state index in [4.69, 9.17) is 0 Å². The van der Waals surface area contributed by atoms with Gasteiger partial charge in [0.25, 0.3) is 5.91 Å². The molecule has 2 aromatic carbocycles. The number of carbonyl (C=O) groups excluding carboxylic acids is 2. The summed E-state index contributed by atoms with van der Waals surface area (Å²) in [4.78, 5) is 43.5. The zero-order chi connectivity index (χ0) is 26.9. The third-order valence-electron chi connectivity index (χ3n) is 7.74. The molecule has 2 saturated heterocycles. The lowest BCUT2D eigenvalue weighted by Crippen LogP contribution is -2.58. The summed E-state index contributed by atoms with van der Waals surface area (Å²) in [6.45, 7) is 8.08. The number of carbonyl (C=O) groups is 3. The van der Waals surface area contributed by atoms with Crippen LogP contribution in [0.1, 0.15) is 53.0 Å². The molecule has 1 spiro atoms. The zero-order valence-corrected chi connectivity index (χ0v) is 21.8. The number of aryl methyl sites for hydroxylation is 1. The Morgan fingerprint density at radius 2 is 1.76 bits per heavy atom. The molecule has 2 amide bonds. The number of halogens is 1. The van der Waals surface area contributed by atoms with Gasteiger partial charge in [-0.2, -0.15) is 0 Å². The van der Waals surface area contributed by atoms with Crippen molar-refractivity contribution < 1.29 is 23.9 Å². The Kier molecular flexibility index (Phi) is 7.54. The van der Waals surface area contributed by atoms with Gasteiger partial charge in [-0.15, -0.1) is 0 Å². The molecule has 0 aromatic heterocycles. The predicted molar refractivity (Wildman–Crippen MR) is 139 cm³/mol. The van der Waals surface area contributed by atoms with E-state index in [0.29, 0.717) is 44.7 Å². The summed E-state index contributed by atoms with van der Waals surface area (Å²) in [5, 5.41) is 12.2. The van der Waals surface area contributed by atoms with Crippen molar-refractivity contribution in [2.24, 2.45) is 5.92 Å². The maximum atomic E-state index is 14.5. The van der Waals surface area contributed by atoms with Gasteiger partial charge in [0, 0.05) is 38.4 Å². The minimum Gasteiger partial charge on any atom is -0.478 e. The molecule has 1 unspecified atom stereocenters. The quantitative estimate of drug-likeness (QED) is 0.594. The molecule has 2 N–H and O–H groups in total. The summed E-state index contributed by atoms with van der Waals surface area (Å²) in [7, 11) is 1.79. The van der Waals surface area contributed by atoms with Crippen LogP contribution in [0.5, 0.6) is 0 Å². The second-order valence-electron chi connectivity index (χ2n) is 10.5. The minimum absolute atomic E-state index is 0.0485. The van der Waals surface area contributed by atoms with Crippen LogP contribution < -0.4 is 10.2 Å². The van der Waals surface area contributed by atoms with Crippen molar-refractivity contribution >= 4 is 23.5 Å². The van der Waals surface area contributed by atoms with E-state index in [-0.39, 0.29) is 29.0 Å². The van der Waals surface area contributed by atoms with Crippen LogP contribution in [0.3, 0.4) is 0 Å². The van der Waals surface area contributed by atoms with Crippen LogP contribution in [0, 0.1) is 18.7 Å². The van der Waals surface area contributed by atoms with E-state index in [0.717, 1.165) is 5.69 Å². The van der Waals surface area contributed by atoms with Crippen molar-refractivity contribution in [1.82, 2.24) is 15.1 Å². The second kappa shape index (κ2) is 10.5. The maximum Gasteiger partial charge on any atom is 0.335 e. The van der Waals surface area contributed by atoms with Crippen LogP contribution in [0.2, 0.25) is 0 Å². The SMILES string of the molecule is Cc1cccc(C(=O)NC(CN2CCC3(CC2)C(=O)N(C)CN3c2ccc(C(=O)O)cc2)C(C)C)c1F. The fourth-order valence-corrected chi connectivity index (χ4v) is 5.35. The third-order valence-corrected chi connectivity index (χ3v) is 7.74. The van der Waals surface area contributed by atoms with Crippen LogP contribution in [0.4, 0.5) is 10.1 Å². The van der Waals surface area contributed by atoms with Crippen LogP contribution in [0.15, 0.2) is 42.5 Å². The third kappa shape index (κ3) is 5.18. The lowest BCUT2D eigenvalue weighted by atomic mass is 9.85. The van der Waals surface area contributed by atoms with Gasteiger partial charge in [-0.05, 0) is 61.6 Å². The van der Waals surface area contributed by atoms with Crippen molar-refractivity contribution in [3.8, 4) is 0 Å². The van der Waals surface area contributed by atoms with E-state index in [1.165, 1.54) is 6.07 Å². The molecular weight excluding hydrogens is 475 g/mol. The Hall–Kier alpha value is -3.46. The van der Waals surface area contributed by atoms with Crippen LogP contribution >= 0.6 is 0 Å². The summed E-state index contributed by atoms with van der Waals surface area (Å²) in [5.74, 6) is -1.70. The first-order valence-electron chi connectivity index (χ1n) is 12.7. The number of likely N-dealkylation sites (tertiary alicyclic amines) is 1. The first-order chi connectivity index (χ1) is 17.5. The van der Waals surface area contributed by atoms with E-state index < -0.39 is 23.2 Å². The lowest BCUT2D eigenvalue weighted by molar-refractivity contribution is -0.132. The van der Waals surface area contributed by atoms with Gasteiger partial charge in [0.2, 0.25) is 5.91 Å². The highest BCUT2D eigenvalue weighted by atomic mass is 19.1. The van der Waals surface area contributed by atoms with E-state index >= 15 is 0 Å². The highest BCUT2D eigenvalue weighted by molar-refractivity contribution is 5.95. The van der Waals surface area contributed by atoms with Crippen molar-refractivity contribution in [2.75, 3.05) is 38.3 Å². The Balaban J connectivity index is 1.45. The lowest BCUT2D eigenvalue weighted by Gasteiger charge is -2.44. The predicted octanol–water partition coefficient (Wildman–Crippen LogP) is 3.36. The molecule has 0 bridgehead atoms. The van der Waals surface area contributed by atoms with E-state index in [1.54, 1.807) is 55.3 Å². The number of nitrogens with zero attached hydrogens (tertiary/aromatic N) is 3. The average molecular weight is 511 g/mol. The minimum atomic E-state index is -0.985. The molecular formula is C28H35FN4O4. The molecule has 2 aliphatic rings. The fourth-order valence-electron chi connectivity index (χ4n) is 5.35. The number of anilines is 1. The molecule has 1 atom stereocenters.